The van der Waals surface area contributed by atoms with Crippen molar-refractivity contribution in [1.29, 1.82) is 0 Å². The SMILES string of the molecule is CCOCCN(C)CC1CSc2ccccc21. The molecule has 0 saturated heterocycles. The Balaban J connectivity index is 1.84. The number of ether oxygens (including phenoxy) is 1. The average molecular weight is 251 g/mol. The lowest BCUT2D eigenvalue weighted by molar-refractivity contribution is 0.121. The molecule has 0 spiro atoms. The van der Waals surface area contributed by atoms with E-state index in [4.69, 9.17) is 4.74 Å². The summed E-state index contributed by atoms with van der Waals surface area (Å²) in [5, 5.41) is 0. The van der Waals surface area contributed by atoms with E-state index in [2.05, 4.69) is 36.2 Å². The van der Waals surface area contributed by atoms with Gasteiger partial charge in [0.1, 0.15) is 0 Å². The molecular weight excluding hydrogens is 230 g/mol. The fourth-order valence-electron chi connectivity index (χ4n) is 2.21. The highest BCUT2D eigenvalue weighted by Gasteiger charge is 2.23. The Morgan fingerprint density at radius 3 is 3.06 bits per heavy atom. The molecule has 2 rings (SSSR count). The summed E-state index contributed by atoms with van der Waals surface area (Å²) >= 11 is 1.99. The average Bonchev–Trinajstić information content (AvgIpc) is 2.73. The first kappa shape index (κ1) is 12.9. The Morgan fingerprint density at radius 2 is 2.24 bits per heavy atom. The molecule has 0 amide bonds. The summed E-state index contributed by atoms with van der Waals surface area (Å²) in [6, 6.07) is 8.79. The van der Waals surface area contributed by atoms with E-state index >= 15 is 0 Å². The normalized spacial score (nSPS) is 18.6. The molecule has 0 fully saturated rings. The van der Waals surface area contributed by atoms with Crippen molar-refractivity contribution in [2.45, 2.75) is 17.7 Å². The summed E-state index contributed by atoms with van der Waals surface area (Å²) in [4.78, 5) is 3.85. The highest BCUT2D eigenvalue weighted by atomic mass is 32.2. The number of benzene rings is 1. The van der Waals surface area contributed by atoms with Crippen molar-refractivity contribution in [2.75, 3.05) is 39.1 Å². The van der Waals surface area contributed by atoms with Gasteiger partial charge in [0, 0.05) is 36.3 Å². The van der Waals surface area contributed by atoms with Crippen LogP contribution in [0.5, 0.6) is 0 Å². The summed E-state index contributed by atoms with van der Waals surface area (Å²) in [7, 11) is 2.19. The van der Waals surface area contributed by atoms with Crippen molar-refractivity contribution in [3.63, 3.8) is 0 Å². The molecule has 0 N–H and O–H groups in total. The van der Waals surface area contributed by atoms with E-state index in [0.717, 1.165) is 26.3 Å². The molecule has 1 atom stereocenters. The Morgan fingerprint density at radius 1 is 1.41 bits per heavy atom. The van der Waals surface area contributed by atoms with Crippen molar-refractivity contribution in [3.05, 3.63) is 29.8 Å². The number of rotatable bonds is 6. The minimum Gasteiger partial charge on any atom is -0.380 e. The molecule has 0 aliphatic carbocycles. The zero-order chi connectivity index (χ0) is 12.1. The predicted octanol–water partition coefficient (Wildman–Crippen LogP) is 2.84. The molecule has 1 aliphatic rings. The topological polar surface area (TPSA) is 12.5 Å². The van der Waals surface area contributed by atoms with Crippen molar-refractivity contribution >= 4 is 11.8 Å². The highest BCUT2D eigenvalue weighted by Crippen LogP contribution is 2.39. The van der Waals surface area contributed by atoms with Crippen molar-refractivity contribution in [1.82, 2.24) is 4.90 Å². The van der Waals surface area contributed by atoms with Crippen molar-refractivity contribution in [3.8, 4) is 0 Å². The van der Waals surface area contributed by atoms with Gasteiger partial charge in [0.25, 0.3) is 0 Å². The molecule has 0 aromatic heterocycles. The van der Waals surface area contributed by atoms with E-state index in [1.54, 1.807) is 0 Å². The van der Waals surface area contributed by atoms with Gasteiger partial charge in [-0.3, -0.25) is 0 Å². The summed E-state index contributed by atoms with van der Waals surface area (Å²) < 4.78 is 5.39. The lowest BCUT2D eigenvalue weighted by atomic mass is 10.0. The number of hydrogen-bond acceptors (Lipinski definition) is 3. The van der Waals surface area contributed by atoms with Crippen molar-refractivity contribution in [2.24, 2.45) is 0 Å². The van der Waals surface area contributed by atoms with Crippen LogP contribution >= 0.6 is 11.8 Å². The molecule has 2 nitrogen and oxygen atoms in total. The lowest BCUT2D eigenvalue weighted by Crippen LogP contribution is -2.28. The van der Waals surface area contributed by atoms with Crippen LogP contribution in [0, 0.1) is 0 Å². The maximum Gasteiger partial charge on any atom is 0.0593 e. The fraction of sp³-hybridized carbons (Fsp3) is 0.571. The van der Waals surface area contributed by atoms with Gasteiger partial charge < -0.3 is 9.64 Å². The van der Waals surface area contributed by atoms with E-state index in [1.807, 2.05) is 18.7 Å². The minimum atomic E-state index is 0.683. The van der Waals surface area contributed by atoms with Gasteiger partial charge in [0.05, 0.1) is 6.61 Å². The van der Waals surface area contributed by atoms with Crippen molar-refractivity contribution < 1.29 is 4.74 Å². The fourth-order valence-corrected chi connectivity index (χ4v) is 3.45. The van der Waals surface area contributed by atoms with E-state index in [1.165, 1.54) is 16.2 Å². The monoisotopic (exact) mass is 251 g/mol. The number of hydrogen-bond donors (Lipinski definition) is 0. The molecule has 3 heteroatoms. The van der Waals surface area contributed by atoms with Crippen LogP contribution in [0.4, 0.5) is 0 Å². The summed E-state index contributed by atoms with van der Waals surface area (Å²) in [5.74, 6) is 1.90. The number of nitrogens with zero attached hydrogens (tertiary/aromatic N) is 1. The first-order valence-corrected chi connectivity index (χ1v) is 7.28. The Kier molecular flexibility index (Phi) is 4.89. The minimum absolute atomic E-state index is 0.683. The van der Waals surface area contributed by atoms with Gasteiger partial charge in [-0.1, -0.05) is 18.2 Å². The molecule has 0 radical (unpaired) electrons. The second kappa shape index (κ2) is 6.43. The third-order valence-electron chi connectivity index (χ3n) is 3.15. The summed E-state index contributed by atoms with van der Waals surface area (Å²) in [6.07, 6.45) is 0. The van der Waals surface area contributed by atoms with Crippen LogP contribution in [0.15, 0.2) is 29.2 Å². The van der Waals surface area contributed by atoms with Crippen LogP contribution in [0.3, 0.4) is 0 Å². The van der Waals surface area contributed by atoms with Gasteiger partial charge in [-0.25, -0.2) is 0 Å². The molecule has 1 heterocycles. The first-order valence-electron chi connectivity index (χ1n) is 6.29. The molecular formula is C14H21NOS. The Bertz CT molecular complexity index is 356. The molecule has 1 aromatic carbocycles. The van der Waals surface area contributed by atoms with E-state index in [0.29, 0.717) is 5.92 Å². The second-order valence-electron chi connectivity index (χ2n) is 4.50. The lowest BCUT2D eigenvalue weighted by Gasteiger charge is -2.21. The summed E-state index contributed by atoms with van der Waals surface area (Å²) in [6.45, 7) is 5.86. The van der Waals surface area contributed by atoms with Crippen LogP contribution in [0.1, 0.15) is 18.4 Å². The number of fused-ring (bicyclic) bond motifs is 1. The van der Waals surface area contributed by atoms with Crippen LogP contribution in [0.2, 0.25) is 0 Å². The largest absolute Gasteiger partial charge is 0.380 e. The Labute approximate surface area is 108 Å². The molecule has 0 saturated carbocycles. The second-order valence-corrected chi connectivity index (χ2v) is 5.57. The molecule has 0 bridgehead atoms. The zero-order valence-electron chi connectivity index (χ0n) is 10.7. The van der Waals surface area contributed by atoms with Gasteiger partial charge in [-0.05, 0) is 25.6 Å². The van der Waals surface area contributed by atoms with Gasteiger partial charge in [0.15, 0.2) is 0 Å². The van der Waals surface area contributed by atoms with E-state index in [-0.39, 0.29) is 0 Å². The summed E-state index contributed by atoms with van der Waals surface area (Å²) in [5.41, 5.74) is 1.53. The zero-order valence-corrected chi connectivity index (χ0v) is 11.5. The standard InChI is InChI=1S/C14H21NOS/c1-3-16-9-8-15(2)10-12-11-17-14-7-5-4-6-13(12)14/h4-7,12H,3,8-11H2,1-2H3. The van der Waals surface area contributed by atoms with Gasteiger partial charge in [-0.15, -0.1) is 11.8 Å². The highest BCUT2D eigenvalue weighted by molar-refractivity contribution is 7.99. The number of thioether (sulfide) groups is 1. The smallest absolute Gasteiger partial charge is 0.0593 e. The molecule has 94 valence electrons. The van der Waals surface area contributed by atoms with Crippen LogP contribution < -0.4 is 0 Å². The third-order valence-corrected chi connectivity index (χ3v) is 4.40. The molecule has 1 unspecified atom stereocenters. The van der Waals surface area contributed by atoms with Crippen LogP contribution in [0.25, 0.3) is 0 Å². The molecule has 1 aliphatic heterocycles. The van der Waals surface area contributed by atoms with Gasteiger partial charge >= 0.3 is 0 Å². The van der Waals surface area contributed by atoms with Crippen LogP contribution in [-0.4, -0.2) is 44.0 Å². The van der Waals surface area contributed by atoms with E-state index < -0.39 is 0 Å². The van der Waals surface area contributed by atoms with E-state index in [9.17, 15) is 0 Å². The van der Waals surface area contributed by atoms with Gasteiger partial charge in [-0.2, -0.15) is 0 Å². The predicted molar refractivity (Wildman–Crippen MR) is 73.9 cm³/mol. The maximum atomic E-state index is 5.39. The Hall–Kier alpha value is -0.510. The molecule has 1 aromatic rings. The maximum absolute atomic E-state index is 5.39. The first-order chi connectivity index (χ1) is 8.31. The molecule has 17 heavy (non-hydrogen) atoms. The quantitative estimate of drug-likeness (QED) is 0.721. The number of likely N-dealkylation sites (N-methyl/N-ethyl adjacent to an activating group) is 1. The van der Waals surface area contributed by atoms with Gasteiger partial charge in [0.2, 0.25) is 0 Å². The third kappa shape index (κ3) is 3.47. The van der Waals surface area contributed by atoms with Crippen LogP contribution in [-0.2, 0) is 4.74 Å².